The highest BCUT2D eigenvalue weighted by atomic mass is 32.2. The average Bonchev–Trinajstić information content (AvgIpc) is 2.43. The molecule has 22 heavy (non-hydrogen) atoms. The molecule has 0 aliphatic carbocycles. The van der Waals surface area contributed by atoms with Crippen LogP contribution in [0, 0.1) is 17.0 Å². The van der Waals surface area contributed by atoms with Crippen molar-refractivity contribution in [2.75, 3.05) is 7.05 Å². The average molecular weight is 327 g/mol. The van der Waals surface area contributed by atoms with Crippen molar-refractivity contribution in [3.63, 3.8) is 0 Å². The van der Waals surface area contributed by atoms with Crippen molar-refractivity contribution < 1.29 is 8.78 Å². The van der Waals surface area contributed by atoms with Gasteiger partial charge in [0.1, 0.15) is 11.6 Å². The standard InChI is InChI=1S/C16H23F2N3S/c1-10(21-22-16(2,3)4)12-6-15(18)13(7-14(12)17)11(8-19)9-20-5/h6-10,19-21H,1-5H3/b11-9+,19-8?. The summed E-state index contributed by atoms with van der Waals surface area (Å²) in [5, 5.41) is 10.0. The SMILES string of the molecule is CN/C=C(\C=N)c1cc(F)c(C(C)NSC(C)(C)C)cc1F. The van der Waals surface area contributed by atoms with Crippen molar-refractivity contribution in [2.24, 2.45) is 0 Å². The second-order valence-electron chi connectivity index (χ2n) is 5.94. The lowest BCUT2D eigenvalue weighted by atomic mass is 10.0. The Kier molecular flexibility index (Phi) is 6.56. The summed E-state index contributed by atoms with van der Waals surface area (Å²) in [6.07, 6.45) is 2.45. The van der Waals surface area contributed by atoms with Gasteiger partial charge < -0.3 is 10.7 Å². The van der Waals surface area contributed by atoms with E-state index in [1.807, 2.05) is 20.8 Å². The third-order valence-corrected chi connectivity index (χ3v) is 3.94. The van der Waals surface area contributed by atoms with Crippen LogP contribution in [0.3, 0.4) is 0 Å². The Labute approximate surface area is 135 Å². The molecule has 0 fully saturated rings. The highest BCUT2D eigenvalue weighted by Crippen LogP contribution is 2.28. The monoisotopic (exact) mass is 327 g/mol. The largest absolute Gasteiger partial charge is 0.393 e. The normalized spacial score (nSPS) is 13.9. The van der Waals surface area contributed by atoms with Crippen molar-refractivity contribution in [3.8, 4) is 0 Å². The Morgan fingerprint density at radius 2 is 1.91 bits per heavy atom. The molecule has 0 heterocycles. The van der Waals surface area contributed by atoms with E-state index in [9.17, 15) is 8.78 Å². The van der Waals surface area contributed by atoms with Crippen LogP contribution in [-0.2, 0) is 0 Å². The zero-order chi connectivity index (χ0) is 16.9. The Bertz CT molecular complexity index is 565. The highest BCUT2D eigenvalue weighted by molar-refractivity contribution is 7.98. The van der Waals surface area contributed by atoms with E-state index in [4.69, 9.17) is 5.41 Å². The van der Waals surface area contributed by atoms with Gasteiger partial charge in [-0.1, -0.05) is 11.9 Å². The van der Waals surface area contributed by atoms with E-state index in [2.05, 4.69) is 10.0 Å². The first-order valence-electron chi connectivity index (χ1n) is 7.00. The van der Waals surface area contributed by atoms with Crippen LogP contribution in [0.5, 0.6) is 0 Å². The molecule has 0 aliphatic heterocycles. The number of benzene rings is 1. The van der Waals surface area contributed by atoms with Crippen LogP contribution in [0.1, 0.15) is 44.9 Å². The van der Waals surface area contributed by atoms with Crippen LogP contribution in [0.25, 0.3) is 5.57 Å². The molecule has 1 unspecified atom stereocenters. The summed E-state index contributed by atoms with van der Waals surface area (Å²) in [5.74, 6) is -1.04. The maximum atomic E-state index is 14.3. The number of hydrogen-bond donors (Lipinski definition) is 3. The van der Waals surface area contributed by atoms with Crippen molar-refractivity contribution in [2.45, 2.75) is 38.5 Å². The molecule has 1 rings (SSSR count). The molecule has 3 N–H and O–H groups in total. The molecule has 0 spiro atoms. The van der Waals surface area contributed by atoms with Crippen molar-refractivity contribution >= 4 is 23.7 Å². The lowest BCUT2D eigenvalue weighted by molar-refractivity contribution is 0.562. The van der Waals surface area contributed by atoms with Gasteiger partial charge >= 0.3 is 0 Å². The molecule has 0 amide bonds. The van der Waals surface area contributed by atoms with Crippen LogP contribution in [-0.4, -0.2) is 18.0 Å². The molecule has 0 aromatic heterocycles. The Balaban J connectivity index is 3.08. The fourth-order valence-electron chi connectivity index (χ4n) is 1.80. The van der Waals surface area contributed by atoms with Crippen molar-refractivity contribution in [1.29, 1.82) is 5.41 Å². The third-order valence-electron chi connectivity index (χ3n) is 2.86. The summed E-state index contributed by atoms with van der Waals surface area (Å²) in [6, 6.07) is 2.00. The van der Waals surface area contributed by atoms with E-state index in [-0.39, 0.29) is 27.5 Å². The number of halogens is 2. The van der Waals surface area contributed by atoms with E-state index in [0.29, 0.717) is 0 Å². The lowest BCUT2D eigenvalue weighted by Crippen LogP contribution is -2.20. The molecule has 1 aromatic rings. The Morgan fingerprint density at radius 1 is 1.27 bits per heavy atom. The maximum absolute atomic E-state index is 14.3. The van der Waals surface area contributed by atoms with E-state index in [1.165, 1.54) is 24.2 Å². The smallest absolute Gasteiger partial charge is 0.131 e. The summed E-state index contributed by atoms with van der Waals surface area (Å²) < 4.78 is 31.7. The molecule has 0 radical (unpaired) electrons. The van der Waals surface area contributed by atoms with Crippen LogP contribution in [0.4, 0.5) is 8.78 Å². The third kappa shape index (κ3) is 5.10. The van der Waals surface area contributed by atoms with Gasteiger partial charge in [-0.15, -0.1) is 0 Å². The molecule has 3 nitrogen and oxygen atoms in total. The summed E-state index contributed by atoms with van der Waals surface area (Å²) in [6.45, 7) is 7.90. The number of hydrogen-bond acceptors (Lipinski definition) is 4. The first-order valence-corrected chi connectivity index (χ1v) is 7.82. The van der Waals surface area contributed by atoms with Gasteiger partial charge in [0.2, 0.25) is 0 Å². The fraction of sp³-hybridized carbons (Fsp3) is 0.438. The minimum absolute atomic E-state index is 0.0217. The lowest BCUT2D eigenvalue weighted by Gasteiger charge is -2.22. The molecule has 0 bridgehead atoms. The molecule has 1 aromatic carbocycles. The quantitative estimate of drug-likeness (QED) is 0.540. The molecular formula is C16H23F2N3S. The van der Waals surface area contributed by atoms with E-state index >= 15 is 0 Å². The summed E-state index contributed by atoms with van der Waals surface area (Å²) in [7, 11) is 1.64. The van der Waals surface area contributed by atoms with E-state index < -0.39 is 11.6 Å². The number of rotatable bonds is 6. The predicted octanol–water partition coefficient (Wildman–Crippen LogP) is 4.27. The second-order valence-corrected chi connectivity index (χ2v) is 7.60. The van der Waals surface area contributed by atoms with Gasteiger partial charge in [0.15, 0.2) is 0 Å². The molecular weight excluding hydrogens is 304 g/mol. The van der Waals surface area contributed by atoms with Crippen molar-refractivity contribution in [1.82, 2.24) is 10.0 Å². The van der Waals surface area contributed by atoms with Crippen molar-refractivity contribution in [3.05, 3.63) is 41.1 Å². The van der Waals surface area contributed by atoms with Gasteiger partial charge in [-0.05, 0) is 39.8 Å². The maximum Gasteiger partial charge on any atom is 0.131 e. The molecule has 0 saturated carbocycles. The minimum atomic E-state index is -0.546. The molecule has 0 saturated heterocycles. The zero-order valence-electron chi connectivity index (χ0n) is 13.6. The first kappa shape index (κ1) is 18.6. The van der Waals surface area contributed by atoms with Gasteiger partial charge in [-0.3, -0.25) is 4.72 Å². The Morgan fingerprint density at radius 3 is 2.41 bits per heavy atom. The van der Waals surface area contributed by atoms with E-state index in [1.54, 1.807) is 14.0 Å². The second kappa shape index (κ2) is 7.74. The topological polar surface area (TPSA) is 47.9 Å². The number of nitrogens with one attached hydrogen (secondary N) is 3. The van der Waals surface area contributed by atoms with Gasteiger partial charge in [0, 0.05) is 47.0 Å². The summed E-state index contributed by atoms with van der Waals surface area (Å²) >= 11 is 1.48. The van der Waals surface area contributed by atoms with Gasteiger partial charge in [0.05, 0.1) is 0 Å². The van der Waals surface area contributed by atoms with Gasteiger partial charge in [-0.2, -0.15) is 0 Å². The van der Waals surface area contributed by atoms with E-state index in [0.717, 1.165) is 12.3 Å². The zero-order valence-corrected chi connectivity index (χ0v) is 14.4. The molecule has 122 valence electrons. The van der Waals surface area contributed by atoms with Gasteiger partial charge in [0.25, 0.3) is 0 Å². The minimum Gasteiger partial charge on any atom is -0.393 e. The number of allylic oxidation sites excluding steroid dienone is 1. The predicted molar refractivity (Wildman–Crippen MR) is 91.1 cm³/mol. The summed E-state index contributed by atoms with van der Waals surface area (Å²) in [4.78, 5) is 0. The van der Waals surface area contributed by atoms with Gasteiger partial charge in [-0.25, -0.2) is 8.78 Å². The Hall–Kier alpha value is -1.40. The molecule has 0 aliphatic rings. The van der Waals surface area contributed by atoms with Crippen LogP contribution in [0.2, 0.25) is 0 Å². The van der Waals surface area contributed by atoms with Crippen LogP contribution >= 0.6 is 11.9 Å². The molecule has 1 atom stereocenters. The van der Waals surface area contributed by atoms with Crippen LogP contribution < -0.4 is 10.0 Å². The fourth-order valence-corrected chi connectivity index (χ4v) is 2.45. The molecule has 6 heteroatoms. The van der Waals surface area contributed by atoms with Crippen LogP contribution in [0.15, 0.2) is 18.3 Å². The highest BCUT2D eigenvalue weighted by Gasteiger charge is 2.19. The summed E-state index contributed by atoms with van der Waals surface area (Å²) in [5.41, 5.74) is 0.628. The first-order chi connectivity index (χ1) is 10.2.